The average molecular weight is 244 g/mol. The van der Waals surface area contributed by atoms with Crippen molar-refractivity contribution < 1.29 is 4.74 Å². The topological polar surface area (TPSA) is 22.1 Å². The highest BCUT2D eigenvalue weighted by molar-refractivity contribution is 9.10. The van der Waals surface area contributed by atoms with Gasteiger partial charge < -0.3 is 4.74 Å². The number of rotatable bonds is 3. The van der Waals surface area contributed by atoms with Crippen LogP contribution in [0.15, 0.2) is 16.7 Å². The van der Waals surface area contributed by atoms with Crippen molar-refractivity contribution >= 4 is 15.9 Å². The van der Waals surface area contributed by atoms with Crippen LogP contribution >= 0.6 is 15.9 Å². The Balaban J connectivity index is 2.92. The SMILES string of the molecule is CCOc1ccc(C(C)C)nc1Br. The number of hydrogen-bond donors (Lipinski definition) is 0. The van der Waals surface area contributed by atoms with Crippen molar-refractivity contribution in [3.05, 3.63) is 22.4 Å². The second-order valence-electron chi connectivity index (χ2n) is 3.11. The van der Waals surface area contributed by atoms with E-state index in [-0.39, 0.29) is 0 Å². The first-order valence-corrected chi connectivity index (χ1v) is 5.23. The van der Waals surface area contributed by atoms with E-state index in [0.29, 0.717) is 12.5 Å². The maximum absolute atomic E-state index is 5.36. The van der Waals surface area contributed by atoms with Crippen LogP contribution in [0.1, 0.15) is 32.4 Å². The Bertz CT molecular complexity index is 286. The molecule has 0 spiro atoms. The van der Waals surface area contributed by atoms with Crippen LogP contribution < -0.4 is 4.74 Å². The molecule has 1 heterocycles. The van der Waals surface area contributed by atoms with E-state index in [1.807, 2.05) is 19.1 Å². The Kier molecular flexibility index (Phi) is 3.72. The van der Waals surface area contributed by atoms with Crippen molar-refractivity contribution in [1.82, 2.24) is 4.98 Å². The van der Waals surface area contributed by atoms with Gasteiger partial charge in [-0.1, -0.05) is 13.8 Å². The predicted octanol–water partition coefficient (Wildman–Crippen LogP) is 3.37. The van der Waals surface area contributed by atoms with Gasteiger partial charge >= 0.3 is 0 Å². The molecule has 0 aromatic carbocycles. The highest BCUT2D eigenvalue weighted by atomic mass is 79.9. The highest BCUT2D eigenvalue weighted by Gasteiger charge is 2.05. The molecule has 0 bridgehead atoms. The number of pyridine rings is 1. The molecule has 0 aliphatic heterocycles. The third-order valence-electron chi connectivity index (χ3n) is 1.73. The van der Waals surface area contributed by atoms with Crippen LogP contribution in [0.4, 0.5) is 0 Å². The van der Waals surface area contributed by atoms with E-state index in [2.05, 4.69) is 34.8 Å². The van der Waals surface area contributed by atoms with E-state index in [1.54, 1.807) is 0 Å². The number of aromatic nitrogens is 1. The molecule has 72 valence electrons. The zero-order valence-corrected chi connectivity index (χ0v) is 9.76. The minimum Gasteiger partial charge on any atom is -0.491 e. The van der Waals surface area contributed by atoms with Gasteiger partial charge in [0, 0.05) is 5.69 Å². The van der Waals surface area contributed by atoms with Gasteiger partial charge in [0.15, 0.2) is 5.75 Å². The standard InChI is InChI=1S/C10H14BrNO/c1-4-13-9-6-5-8(7(2)3)12-10(9)11/h5-7H,4H2,1-3H3. The second-order valence-corrected chi connectivity index (χ2v) is 3.86. The van der Waals surface area contributed by atoms with Crippen molar-refractivity contribution in [1.29, 1.82) is 0 Å². The summed E-state index contributed by atoms with van der Waals surface area (Å²) in [5.74, 6) is 1.26. The lowest BCUT2D eigenvalue weighted by Crippen LogP contribution is -1.97. The van der Waals surface area contributed by atoms with Crippen LogP contribution in [-0.4, -0.2) is 11.6 Å². The van der Waals surface area contributed by atoms with Gasteiger partial charge in [0.2, 0.25) is 0 Å². The van der Waals surface area contributed by atoms with Crippen molar-refractivity contribution in [3.8, 4) is 5.75 Å². The molecule has 0 aliphatic carbocycles. The van der Waals surface area contributed by atoms with Gasteiger partial charge in [-0.15, -0.1) is 0 Å². The zero-order valence-electron chi connectivity index (χ0n) is 8.17. The fourth-order valence-electron chi connectivity index (χ4n) is 1.02. The van der Waals surface area contributed by atoms with Crippen molar-refractivity contribution in [2.24, 2.45) is 0 Å². The Morgan fingerprint density at radius 2 is 2.15 bits per heavy atom. The molecule has 0 aliphatic rings. The summed E-state index contributed by atoms with van der Waals surface area (Å²) < 4.78 is 6.15. The molecule has 0 unspecified atom stereocenters. The molecule has 1 rings (SSSR count). The van der Waals surface area contributed by atoms with Crippen molar-refractivity contribution in [3.63, 3.8) is 0 Å². The third kappa shape index (κ3) is 2.69. The molecule has 0 N–H and O–H groups in total. The summed E-state index contributed by atoms with van der Waals surface area (Å²) in [5, 5.41) is 0. The van der Waals surface area contributed by atoms with Crippen LogP contribution in [-0.2, 0) is 0 Å². The summed E-state index contributed by atoms with van der Waals surface area (Å²) in [7, 11) is 0. The third-order valence-corrected chi connectivity index (χ3v) is 2.30. The van der Waals surface area contributed by atoms with Gasteiger partial charge in [-0.3, -0.25) is 0 Å². The van der Waals surface area contributed by atoms with E-state index in [0.717, 1.165) is 16.0 Å². The molecule has 1 aromatic heterocycles. The fourth-order valence-corrected chi connectivity index (χ4v) is 1.47. The van der Waals surface area contributed by atoms with Crippen LogP contribution in [0.25, 0.3) is 0 Å². The number of halogens is 1. The van der Waals surface area contributed by atoms with Gasteiger partial charge in [0.1, 0.15) is 4.60 Å². The zero-order chi connectivity index (χ0) is 9.84. The van der Waals surface area contributed by atoms with Gasteiger partial charge in [-0.2, -0.15) is 0 Å². The van der Waals surface area contributed by atoms with Crippen LogP contribution in [0.3, 0.4) is 0 Å². The number of hydrogen-bond acceptors (Lipinski definition) is 2. The Hall–Kier alpha value is -0.570. The van der Waals surface area contributed by atoms with E-state index in [9.17, 15) is 0 Å². The monoisotopic (exact) mass is 243 g/mol. The first kappa shape index (κ1) is 10.5. The molecule has 0 amide bonds. The smallest absolute Gasteiger partial charge is 0.152 e. The lowest BCUT2D eigenvalue weighted by Gasteiger charge is -2.08. The number of ether oxygens (including phenoxy) is 1. The van der Waals surface area contributed by atoms with E-state index < -0.39 is 0 Å². The summed E-state index contributed by atoms with van der Waals surface area (Å²) in [6.45, 7) is 6.87. The van der Waals surface area contributed by atoms with Crippen molar-refractivity contribution in [2.45, 2.75) is 26.7 Å². The molecule has 3 heteroatoms. The predicted molar refractivity (Wildman–Crippen MR) is 57.2 cm³/mol. The lowest BCUT2D eigenvalue weighted by atomic mass is 10.1. The molecule has 2 nitrogen and oxygen atoms in total. The molecular formula is C10H14BrNO. The van der Waals surface area contributed by atoms with Gasteiger partial charge in [0.05, 0.1) is 6.61 Å². The quantitative estimate of drug-likeness (QED) is 0.760. The number of nitrogens with zero attached hydrogens (tertiary/aromatic N) is 1. The summed E-state index contributed by atoms with van der Waals surface area (Å²) in [6, 6.07) is 3.95. The molecule has 0 radical (unpaired) electrons. The van der Waals surface area contributed by atoms with E-state index >= 15 is 0 Å². The fraction of sp³-hybridized carbons (Fsp3) is 0.500. The Labute approximate surface area is 87.5 Å². The maximum atomic E-state index is 5.36. The van der Waals surface area contributed by atoms with Crippen LogP contribution in [0.5, 0.6) is 5.75 Å². The molecular weight excluding hydrogens is 230 g/mol. The molecule has 0 fully saturated rings. The summed E-state index contributed by atoms with van der Waals surface area (Å²) in [5.41, 5.74) is 1.08. The molecule has 0 atom stereocenters. The Morgan fingerprint density at radius 3 is 2.62 bits per heavy atom. The highest BCUT2D eigenvalue weighted by Crippen LogP contribution is 2.25. The summed E-state index contributed by atoms with van der Waals surface area (Å²) >= 11 is 3.38. The van der Waals surface area contributed by atoms with Gasteiger partial charge in [0.25, 0.3) is 0 Å². The maximum Gasteiger partial charge on any atom is 0.152 e. The second kappa shape index (κ2) is 4.61. The average Bonchev–Trinajstić information content (AvgIpc) is 2.08. The van der Waals surface area contributed by atoms with Crippen LogP contribution in [0, 0.1) is 0 Å². The molecule has 0 saturated heterocycles. The first-order valence-electron chi connectivity index (χ1n) is 4.44. The van der Waals surface area contributed by atoms with Crippen LogP contribution in [0.2, 0.25) is 0 Å². The summed E-state index contributed by atoms with van der Waals surface area (Å²) in [4.78, 5) is 4.38. The normalized spacial score (nSPS) is 10.5. The van der Waals surface area contributed by atoms with E-state index in [4.69, 9.17) is 4.74 Å². The molecule has 1 aromatic rings. The Morgan fingerprint density at radius 1 is 1.46 bits per heavy atom. The minimum absolute atomic E-state index is 0.451. The van der Waals surface area contributed by atoms with Crippen molar-refractivity contribution in [2.75, 3.05) is 6.61 Å². The largest absolute Gasteiger partial charge is 0.491 e. The molecule has 13 heavy (non-hydrogen) atoms. The van der Waals surface area contributed by atoms with Gasteiger partial charge in [-0.05, 0) is 40.9 Å². The first-order chi connectivity index (χ1) is 6.15. The van der Waals surface area contributed by atoms with E-state index in [1.165, 1.54) is 0 Å². The summed E-state index contributed by atoms with van der Waals surface area (Å²) in [6.07, 6.45) is 0. The molecule has 0 saturated carbocycles. The minimum atomic E-state index is 0.451. The van der Waals surface area contributed by atoms with Gasteiger partial charge in [-0.25, -0.2) is 4.98 Å². The lowest BCUT2D eigenvalue weighted by molar-refractivity contribution is 0.336.